The summed E-state index contributed by atoms with van der Waals surface area (Å²) in [6, 6.07) is 0.667. The maximum atomic E-state index is 9.62. The van der Waals surface area contributed by atoms with Gasteiger partial charge in [-0.25, -0.2) is 0 Å². The molecule has 7 heteroatoms. The minimum absolute atomic E-state index is 0.159. The molecule has 2 heterocycles. The summed E-state index contributed by atoms with van der Waals surface area (Å²) in [5.74, 6) is 1.29. The second-order valence-corrected chi connectivity index (χ2v) is 6.50. The summed E-state index contributed by atoms with van der Waals surface area (Å²) in [4.78, 5) is 15.6. The maximum absolute atomic E-state index is 9.62. The third-order valence-electron chi connectivity index (χ3n) is 4.70. The topological polar surface area (TPSA) is 83.4 Å². The van der Waals surface area contributed by atoms with E-state index in [4.69, 9.17) is 4.74 Å². The van der Waals surface area contributed by atoms with Gasteiger partial charge in [-0.15, -0.1) is 0 Å². The van der Waals surface area contributed by atoms with Gasteiger partial charge in [-0.3, -0.25) is 0 Å². The number of ether oxygens (including phenoxy) is 1. The number of aliphatic hydroxyl groups is 1. The Balaban J connectivity index is 1.73. The van der Waals surface area contributed by atoms with Gasteiger partial charge in [0.05, 0.1) is 13.2 Å². The van der Waals surface area contributed by atoms with E-state index >= 15 is 0 Å². The van der Waals surface area contributed by atoms with Crippen molar-refractivity contribution in [1.82, 2.24) is 15.0 Å². The van der Waals surface area contributed by atoms with Crippen molar-refractivity contribution in [2.45, 2.75) is 63.5 Å². The number of hydrogen-bond acceptors (Lipinski definition) is 7. The van der Waals surface area contributed by atoms with E-state index in [1.165, 1.54) is 25.7 Å². The molecule has 1 aromatic rings. The highest BCUT2D eigenvalue weighted by atomic mass is 16.5. The van der Waals surface area contributed by atoms with Gasteiger partial charge in [0.25, 0.3) is 0 Å². The van der Waals surface area contributed by atoms with Gasteiger partial charge in [-0.2, -0.15) is 15.0 Å². The average molecular weight is 321 g/mol. The molecule has 1 aromatic heterocycles. The van der Waals surface area contributed by atoms with E-state index in [0.29, 0.717) is 23.9 Å². The molecule has 2 aliphatic rings. The molecule has 0 unspecified atom stereocenters. The molecule has 1 saturated carbocycles. The van der Waals surface area contributed by atoms with Crippen molar-refractivity contribution in [3.05, 3.63) is 0 Å². The molecule has 128 valence electrons. The number of aliphatic hydroxyl groups excluding tert-OH is 1. The molecule has 7 nitrogen and oxygen atoms in total. The van der Waals surface area contributed by atoms with Crippen molar-refractivity contribution in [3.8, 4) is 6.01 Å². The van der Waals surface area contributed by atoms with E-state index < -0.39 is 0 Å². The molecule has 2 N–H and O–H groups in total. The van der Waals surface area contributed by atoms with Gasteiger partial charge in [0, 0.05) is 19.1 Å². The molecule has 0 amide bonds. The highest BCUT2D eigenvalue weighted by Crippen LogP contribution is 2.23. The zero-order chi connectivity index (χ0) is 16.1. The Hall–Kier alpha value is -1.63. The molecule has 0 radical (unpaired) electrons. The Bertz CT molecular complexity index is 497. The zero-order valence-electron chi connectivity index (χ0n) is 13.9. The molecule has 0 aromatic carbocycles. The first-order valence-electron chi connectivity index (χ1n) is 8.74. The second-order valence-electron chi connectivity index (χ2n) is 6.50. The number of nitrogens with one attached hydrogen (secondary N) is 1. The first-order chi connectivity index (χ1) is 11.2. The molecule has 0 atom stereocenters. The van der Waals surface area contributed by atoms with Crippen molar-refractivity contribution in [1.29, 1.82) is 0 Å². The number of nitrogens with zero attached hydrogens (tertiary/aromatic N) is 4. The van der Waals surface area contributed by atoms with Gasteiger partial charge in [0.1, 0.15) is 0 Å². The van der Waals surface area contributed by atoms with Crippen LogP contribution in [0.3, 0.4) is 0 Å². The highest BCUT2D eigenvalue weighted by Gasteiger charge is 2.21. The van der Waals surface area contributed by atoms with Crippen LogP contribution in [-0.2, 0) is 0 Å². The van der Waals surface area contributed by atoms with Crippen LogP contribution in [-0.4, -0.2) is 52.4 Å². The van der Waals surface area contributed by atoms with Gasteiger partial charge >= 0.3 is 6.01 Å². The Morgan fingerprint density at radius 3 is 2.35 bits per heavy atom. The van der Waals surface area contributed by atoms with Crippen LogP contribution in [0, 0.1) is 0 Å². The standard InChI is InChI=1S/C16H27N5O2/c1-23-16-19-14(17-12-6-8-13(22)9-7-12)18-15(20-16)21-10-4-2-3-5-11-21/h12-13,22H,2-11H2,1H3,(H,17,18,19,20). The summed E-state index contributed by atoms with van der Waals surface area (Å²) in [5, 5.41) is 13.0. The smallest absolute Gasteiger partial charge is 0.322 e. The summed E-state index contributed by atoms with van der Waals surface area (Å²) in [6.07, 6.45) is 8.28. The number of methoxy groups -OCH3 is 1. The Morgan fingerprint density at radius 2 is 1.70 bits per heavy atom. The predicted molar refractivity (Wildman–Crippen MR) is 88.9 cm³/mol. The molecular formula is C16H27N5O2. The van der Waals surface area contributed by atoms with Crippen molar-refractivity contribution in [3.63, 3.8) is 0 Å². The highest BCUT2D eigenvalue weighted by molar-refractivity contribution is 5.39. The third kappa shape index (κ3) is 4.43. The number of anilines is 2. The Labute approximate surface area is 137 Å². The summed E-state index contributed by atoms with van der Waals surface area (Å²) in [6.45, 7) is 1.98. The largest absolute Gasteiger partial charge is 0.467 e. The number of rotatable bonds is 4. The Morgan fingerprint density at radius 1 is 1.00 bits per heavy atom. The van der Waals surface area contributed by atoms with Gasteiger partial charge in [-0.1, -0.05) is 12.8 Å². The van der Waals surface area contributed by atoms with Crippen molar-refractivity contribution < 1.29 is 9.84 Å². The molecule has 23 heavy (non-hydrogen) atoms. The van der Waals surface area contributed by atoms with Crippen molar-refractivity contribution in [2.75, 3.05) is 30.4 Å². The minimum Gasteiger partial charge on any atom is -0.467 e. The van der Waals surface area contributed by atoms with Gasteiger partial charge < -0.3 is 20.1 Å². The first-order valence-corrected chi connectivity index (χ1v) is 8.74. The number of aromatic nitrogens is 3. The van der Waals surface area contributed by atoms with Gasteiger partial charge in [0.15, 0.2) is 0 Å². The summed E-state index contributed by atoms with van der Waals surface area (Å²) >= 11 is 0. The Kier molecular flexibility index (Phi) is 5.48. The van der Waals surface area contributed by atoms with Crippen LogP contribution in [0.4, 0.5) is 11.9 Å². The maximum Gasteiger partial charge on any atom is 0.322 e. The SMILES string of the molecule is COc1nc(NC2CCC(O)CC2)nc(N2CCCCCC2)n1. The minimum atomic E-state index is -0.159. The van der Waals surface area contributed by atoms with Gasteiger partial charge in [-0.05, 0) is 38.5 Å². The molecule has 0 bridgehead atoms. The molecule has 1 aliphatic carbocycles. The predicted octanol–water partition coefficient (Wildman–Crippen LogP) is 1.98. The summed E-state index contributed by atoms with van der Waals surface area (Å²) < 4.78 is 5.25. The van der Waals surface area contributed by atoms with Crippen LogP contribution >= 0.6 is 0 Å². The van der Waals surface area contributed by atoms with Crippen LogP contribution in [0.2, 0.25) is 0 Å². The lowest BCUT2D eigenvalue weighted by molar-refractivity contribution is 0.126. The fourth-order valence-electron chi connectivity index (χ4n) is 3.32. The van der Waals surface area contributed by atoms with Crippen LogP contribution in [0.1, 0.15) is 51.4 Å². The van der Waals surface area contributed by atoms with Crippen LogP contribution in [0.25, 0.3) is 0 Å². The lowest BCUT2D eigenvalue weighted by Crippen LogP contribution is -2.30. The van der Waals surface area contributed by atoms with Crippen LogP contribution < -0.4 is 15.0 Å². The zero-order valence-corrected chi connectivity index (χ0v) is 13.9. The molecule has 2 fully saturated rings. The molecular weight excluding hydrogens is 294 g/mol. The average Bonchev–Trinajstić information content (AvgIpc) is 2.86. The van der Waals surface area contributed by atoms with Gasteiger partial charge in [0.2, 0.25) is 11.9 Å². The molecule has 0 spiro atoms. The van der Waals surface area contributed by atoms with E-state index in [2.05, 4.69) is 25.2 Å². The normalized spacial score (nSPS) is 25.7. The summed E-state index contributed by atoms with van der Waals surface area (Å²) in [7, 11) is 1.59. The summed E-state index contributed by atoms with van der Waals surface area (Å²) in [5.41, 5.74) is 0. The molecule has 1 aliphatic heterocycles. The molecule has 1 saturated heterocycles. The fraction of sp³-hybridized carbons (Fsp3) is 0.812. The van der Waals surface area contributed by atoms with E-state index in [-0.39, 0.29) is 6.10 Å². The van der Waals surface area contributed by atoms with Crippen LogP contribution in [0.15, 0.2) is 0 Å². The van der Waals surface area contributed by atoms with Crippen molar-refractivity contribution in [2.24, 2.45) is 0 Å². The van der Waals surface area contributed by atoms with E-state index in [1.807, 2.05) is 0 Å². The second kappa shape index (κ2) is 7.77. The lowest BCUT2D eigenvalue weighted by Gasteiger charge is -2.27. The quantitative estimate of drug-likeness (QED) is 0.877. The van der Waals surface area contributed by atoms with Crippen molar-refractivity contribution >= 4 is 11.9 Å². The van der Waals surface area contributed by atoms with E-state index in [0.717, 1.165) is 38.8 Å². The van der Waals surface area contributed by atoms with E-state index in [9.17, 15) is 5.11 Å². The third-order valence-corrected chi connectivity index (χ3v) is 4.70. The lowest BCUT2D eigenvalue weighted by atomic mass is 9.93. The van der Waals surface area contributed by atoms with E-state index in [1.54, 1.807) is 7.11 Å². The molecule has 3 rings (SSSR count). The fourth-order valence-corrected chi connectivity index (χ4v) is 3.32. The monoisotopic (exact) mass is 321 g/mol. The number of hydrogen-bond donors (Lipinski definition) is 2. The van der Waals surface area contributed by atoms with Crippen LogP contribution in [0.5, 0.6) is 6.01 Å². The first kappa shape index (κ1) is 16.2.